The molecule has 5 nitrogen and oxygen atoms in total. The minimum Gasteiger partial charge on any atom is -0.409 e. The quantitative estimate of drug-likeness (QED) is 0.383. The lowest BCUT2D eigenvalue weighted by molar-refractivity contribution is 0.318. The molecule has 0 saturated heterocycles. The van der Waals surface area contributed by atoms with Crippen molar-refractivity contribution in [2.75, 3.05) is 11.4 Å². The van der Waals surface area contributed by atoms with Gasteiger partial charge in [-0.1, -0.05) is 29.4 Å². The second-order valence-electron chi connectivity index (χ2n) is 5.18. The first-order chi connectivity index (χ1) is 10.3. The van der Waals surface area contributed by atoms with E-state index in [1.54, 1.807) is 6.20 Å². The molecular formula is C16H18N4O. The molecule has 1 aliphatic rings. The molecular weight excluding hydrogens is 264 g/mol. The van der Waals surface area contributed by atoms with Crippen molar-refractivity contribution in [2.24, 2.45) is 10.9 Å². The Bertz CT molecular complexity index is 652. The number of aryl methyl sites for hydroxylation is 1. The lowest BCUT2D eigenvalue weighted by Gasteiger charge is -2.22. The Morgan fingerprint density at radius 1 is 1.19 bits per heavy atom. The van der Waals surface area contributed by atoms with Gasteiger partial charge < -0.3 is 15.8 Å². The number of nitrogens with zero attached hydrogens (tertiary/aromatic N) is 3. The van der Waals surface area contributed by atoms with Crippen LogP contribution in [0.1, 0.15) is 23.1 Å². The fourth-order valence-electron chi connectivity index (χ4n) is 2.68. The number of pyridine rings is 1. The van der Waals surface area contributed by atoms with Crippen molar-refractivity contribution >= 4 is 11.7 Å². The smallest absolute Gasteiger partial charge is 0.171 e. The van der Waals surface area contributed by atoms with E-state index in [0.29, 0.717) is 5.56 Å². The number of hydrogen-bond donors (Lipinski definition) is 2. The van der Waals surface area contributed by atoms with Gasteiger partial charge in [-0.05, 0) is 36.1 Å². The van der Waals surface area contributed by atoms with Crippen molar-refractivity contribution in [3.63, 3.8) is 0 Å². The summed E-state index contributed by atoms with van der Waals surface area (Å²) in [5.74, 6) is 0.997. The summed E-state index contributed by atoms with van der Waals surface area (Å²) in [5.41, 5.74) is 8.96. The van der Waals surface area contributed by atoms with E-state index in [9.17, 15) is 0 Å². The first-order valence-corrected chi connectivity index (χ1v) is 7.03. The number of aromatic nitrogens is 1. The number of oxime groups is 1. The monoisotopic (exact) mass is 282 g/mol. The fraction of sp³-hybridized carbons (Fsp3) is 0.250. The molecule has 3 rings (SSSR count). The molecule has 0 amide bonds. The van der Waals surface area contributed by atoms with Crippen LogP contribution in [0, 0.1) is 0 Å². The molecule has 2 aromatic rings. The Kier molecular flexibility index (Phi) is 3.73. The SMILES string of the molecule is NC(=NO)c1ccc(N2CCCc3ccccc3C2)nc1. The highest BCUT2D eigenvalue weighted by Gasteiger charge is 2.15. The van der Waals surface area contributed by atoms with Crippen LogP contribution < -0.4 is 10.6 Å². The minimum atomic E-state index is 0.0789. The molecule has 0 aliphatic carbocycles. The molecule has 108 valence electrons. The van der Waals surface area contributed by atoms with E-state index in [1.165, 1.54) is 11.1 Å². The Morgan fingerprint density at radius 2 is 2.00 bits per heavy atom. The van der Waals surface area contributed by atoms with Crippen LogP contribution in [0.3, 0.4) is 0 Å². The third-order valence-electron chi connectivity index (χ3n) is 3.83. The van der Waals surface area contributed by atoms with E-state index < -0.39 is 0 Å². The highest BCUT2D eigenvalue weighted by atomic mass is 16.4. The van der Waals surface area contributed by atoms with Gasteiger partial charge in [-0.15, -0.1) is 0 Å². The average molecular weight is 282 g/mol. The molecule has 0 spiro atoms. The molecule has 2 heterocycles. The van der Waals surface area contributed by atoms with Crippen molar-refractivity contribution in [1.29, 1.82) is 0 Å². The van der Waals surface area contributed by atoms with E-state index in [0.717, 1.165) is 31.7 Å². The van der Waals surface area contributed by atoms with Gasteiger partial charge in [0.15, 0.2) is 5.84 Å². The van der Waals surface area contributed by atoms with Gasteiger partial charge in [0.25, 0.3) is 0 Å². The van der Waals surface area contributed by atoms with Gasteiger partial charge in [0.05, 0.1) is 0 Å². The lowest BCUT2D eigenvalue weighted by atomic mass is 10.0. The lowest BCUT2D eigenvalue weighted by Crippen LogP contribution is -2.24. The van der Waals surface area contributed by atoms with Crippen LogP contribution >= 0.6 is 0 Å². The van der Waals surface area contributed by atoms with E-state index in [4.69, 9.17) is 10.9 Å². The Labute approximate surface area is 123 Å². The molecule has 1 aliphatic heterocycles. The van der Waals surface area contributed by atoms with Crippen molar-refractivity contribution in [2.45, 2.75) is 19.4 Å². The Balaban J connectivity index is 1.84. The van der Waals surface area contributed by atoms with Gasteiger partial charge >= 0.3 is 0 Å². The first kappa shape index (κ1) is 13.4. The van der Waals surface area contributed by atoms with Crippen molar-refractivity contribution in [1.82, 2.24) is 4.98 Å². The molecule has 0 unspecified atom stereocenters. The van der Waals surface area contributed by atoms with Crippen LogP contribution in [0.15, 0.2) is 47.8 Å². The van der Waals surface area contributed by atoms with Gasteiger partial charge in [-0.3, -0.25) is 0 Å². The Hall–Kier alpha value is -2.56. The third-order valence-corrected chi connectivity index (χ3v) is 3.83. The number of hydrogen-bond acceptors (Lipinski definition) is 4. The van der Waals surface area contributed by atoms with E-state index in [1.807, 2.05) is 12.1 Å². The van der Waals surface area contributed by atoms with Crippen LogP contribution in [0.25, 0.3) is 0 Å². The molecule has 5 heteroatoms. The van der Waals surface area contributed by atoms with Crippen LogP contribution in [0.5, 0.6) is 0 Å². The maximum atomic E-state index is 8.68. The van der Waals surface area contributed by atoms with Crippen molar-refractivity contribution in [3.8, 4) is 0 Å². The molecule has 0 atom stereocenters. The van der Waals surface area contributed by atoms with E-state index >= 15 is 0 Å². The highest BCUT2D eigenvalue weighted by molar-refractivity contribution is 5.96. The van der Waals surface area contributed by atoms with Gasteiger partial charge in [0.1, 0.15) is 5.82 Å². The van der Waals surface area contributed by atoms with Crippen LogP contribution in [0.2, 0.25) is 0 Å². The second-order valence-corrected chi connectivity index (χ2v) is 5.18. The topological polar surface area (TPSA) is 74.7 Å². The fourth-order valence-corrected chi connectivity index (χ4v) is 2.68. The highest BCUT2D eigenvalue weighted by Crippen LogP contribution is 2.22. The summed E-state index contributed by atoms with van der Waals surface area (Å²) in [7, 11) is 0. The summed E-state index contributed by atoms with van der Waals surface area (Å²) >= 11 is 0. The second kappa shape index (κ2) is 5.83. The van der Waals surface area contributed by atoms with Crippen LogP contribution in [-0.2, 0) is 13.0 Å². The molecule has 0 fully saturated rings. The van der Waals surface area contributed by atoms with Gasteiger partial charge in [0.2, 0.25) is 0 Å². The maximum Gasteiger partial charge on any atom is 0.171 e. The third kappa shape index (κ3) is 2.81. The van der Waals surface area contributed by atoms with Crippen LogP contribution in [0.4, 0.5) is 5.82 Å². The maximum absolute atomic E-state index is 8.68. The molecule has 0 saturated carbocycles. The summed E-state index contributed by atoms with van der Waals surface area (Å²) < 4.78 is 0. The predicted molar refractivity (Wildman–Crippen MR) is 82.6 cm³/mol. The number of nitrogens with two attached hydrogens (primary N) is 1. The van der Waals surface area contributed by atoms with Crippen molar-refractivity contribution in [3.05, 3.63) is 59.3 Å². The molecule has 1 aromatic carbocycles. The van der Waals surface area contributed by atoms with E-state index in [2.05, 4.69) is 39.3 Å². The van der Waals surface area contributed by atoms with Crippen molar-refractivity contribution < 1.29 is 5.21 Å². The molecule has 0 radical (unpaired) electrons. The summed E-state index contributed by atoms with van der Waals surface area (Å²) in [5, 5.41) is 11.7. The number of benzene rings is 1. The number of anilines is 1. The van der Waals surface area contributed by atoms with Gasteiger partial charge in [-0.2, -0.15) is 0 Å². The standard InChI is InChI=1S/C16H18N4O/c17-16(19-21)13-7-8-15(18-10-13)20-9-3-6-12-4-1-2-5-14(12)11-20/h1-2,4-5,7-8,10,21H,3,6,9,11H2,(H2,17,19). The largest absolute Gasteiger partial charge is 0.409 e. The minimum absolute atomic E-state index is 0.0789. The summed E-state index contributed by atoms with van der Waals surface area (Å²) in [4.78, 5) is 6.71. The summed E-state index contributed by atoms with van der Waals surface area (Å²) in [6.07, 6.45) is 3.86. The molecule has 21 heavy (non-hydrogen) atoms. The summed E-state index contributed by atoms with van der Waals surface area (Å²) in [6, 6.07) is 12.3. The Morgan fingerprint density at radius 3 is 2.71 bits per heavy atom. The average Bonchev–Trinajstić information content (AvgIpc) is 2.76. The van der Waals surface area contributed by atoms with E-state index in [-0.39, 0.29) is 5.84 Å². The summed E-state index contributed by atoms with van der Waals surface area (Å²) in [6.45, 7) is 1.84. The van der Waals surface area contributed by atoms with Gasteiger partial charge in [0, 0.05) is 24.8 Å². The van der Waals surface area contributed by atoms with Crippen LogP contribution in [-0.4, -0.2) is 22.6 Å². The zero-order chi connectivity index (χ0) is 14.7. The number of fused-ring (bicyclic) bond motifs is 1. The molecule has 1 aromatic heterocycles. The normalized spacial score (nSPS) is 15.4. The molecule has 3 N–H and O–H groups in total. The predicted octanol–water partition coefficient (Wildman–Crippen LogP) is 2.13. The first-order valence-electron chi connectivity index (χ1n) is 7.03. The number of rotatable bonds is 2. The van der Waals surface area contributed by atoms with Gasteiger partial charge in [-0.25, -0.2) is 4.98 Å². The number of amidine groups is 1. The zero-order valence-corrected chi connectivity index (χ0v) is 11.7. The zero-order valence-electron chi connectivity index (χ0n) is 11.7. The molecule has 0 bridgehead atoms.